The minimum absolute atomic E-state index is 0.236. The molecule has 0 heterocycles. The van der Waals surface area contributed by atoms with Gasteiger partial charge < -0.3 is 5.11 Å². The van der Waals surface area contributed by atoms with Crippen LogP contribution in [-0.4, -0.2) is 25.2 Å². The van der Waals surface area contributed by atoms with Crippen LogP contribution in [0.4, 0.5) is 0 Å². The van der Waals surface area contributed by atoms with Gasteiger partial charge in [0.1, 0.15) is 0 Å². The van der Waals surface area contributed by atoms with Gasteiger partial charge in [-0.3, -0.25) is 4.79 Å². The summed E-state index contributed by atoms with van der Waals surface area (Å²) in [7, 11) is -3.56. The molecule has 0 aliphatic heterocycles. The van der Waals surface area contributed by atoms with E-state index in [1.54, 1.807) is 0 Å². The van der Waals surface area contributed by atoms with Crippen LogP contribution in [0.1, 0.15) is 30.9 Å². The first-order valence-electron chi connectivity index (χ1n) is 6.25. The zero-order valence-electron chi connectivity index (χ0n) is 10.5. The number of carboxylic acids is 1. The highest BCUT2D eigenvalue weighted by atomic mass is 32.2. The van der Waals surface area contributed by atoms with Crippen LogP contribution >= 0.6 is 0 Å². The van der Waals surface area contributed by atoms with Crippen molar-refractivity contribution in [3.05, 3.63) is 35.9 Å². The smallest absolute Gasteiger partial charge is 0.304 e. The lowest BCUT2D eigenvalue weighted by Gasteiger charge is -2.18. The van der Waals surface area contributed by atoms with Gasteiger partial charge in [-0.05, 0) is 24.3 Å². The number of carbonyl (C=O) groups is 1. The molecular formula is C13H17NO4S. The van der Waals surface area contributed by atoms with Crippen molar-refractivity contribution >= 4 is 16.0 Å². The summed E-state index contributed by atoms with van der Waals surface area (Å²) in [5, 5.41) is 8.56. The lowest BCUT2D eigenvalue weighted by Crippen LogP contribution is -2.32. The quantitative estimate of drug-likeness (QED) is 0.795. The van der Waals surface area contributed by atoms with Gasteiger partial charge in [0.05, 0.1) is 12.2 Å². The first kappa shape index (κ1) is 14.0. The average molecular weight is 283 g/mol. The molecule has 0 aromatic heterocycles. The zero-order valence-corrected chi connectivity index (χ0v) is 11.3. The Bertz CT molecular complexity index is 537. The Morgan fingerprint density at radius 1 is 1.32 bits per heavy atom. The second-order valence-corrected chi connectivity index (χ2v) is 6.68. The van der Waals surface area contributed by atoms with Crippen molar-refractivity contribution in [1.82, 2.24) is 4.72 Å². The maximum absolute atomic E-state index is 11.9. The molecule has 1 unspecified atom stereocenters. The van der Waals surface area contributed by atoms with Gasteiger partial charge in [0.25, 0.3) is 0 Å². The second-order valence-electron chi connectivity index (χ2n) is 4.81. The Morgan fingerprint density at radius 2 is 1.95 bits per heavy atom. The number of sulfonamides is 1. The largest absolute Gasteiger partial charge is 0.481 e. The number of benzene rings is 1. The van der Waals surface area contributed by atoms with E-state index >= 15 is 0 Å². The molecule has 19 heavy (non-hydrogen) atoms. The summed E-state index contributed by atoms with van der Waals surface area (Å²) in [6, 6.07) is 9.17. The van der Waals surface area contributed by atoms with Crippen molar-refractivity contribution in [2.24, 2.45) is 5.92 Å². The number of hydrogen-bond acceptors (Lipinski definition) is 3. The van der Waals surface area contributed by atoms with E-state index in [-0.39, 0.29) is 18.2 Å². The lowest BCUT2D eigenvalue weighted by atomic mass is 10.0. The fourth-order valence-electron chi connectivity index (χ4n) is 2.00. The van der Waals surface area contributed by atoms with Crippen LogP contribution in [0.3, 0.4) is 0 Å². The summed E-state index contributed by atoms with van der Waals surface area (Å²) >= 11 is 0. The van der Waals surface area contributed by atoms with Crippen molar-refractivity contribution in [3.63, 3.8) is 0 Å². The maximum Gasteiger partial charge on any atom is 0.304 e. The molecule has 1 aliphatic rings. The summed E-state index contributed by atoms with van der Waals surface area (Å²) in [5.41, 5.74) is 0.934. The molecule has 5 nitrogen and oxygen atoms in total. The van der Waals surface area contributed by atoms with E-state index in [2.05, 4.69) is 4.72 Å². The van der Waals surface area contributed by atoms with Crippen molar-refractivity contribution in [3.8, 4) is 0 Å². The van der Waals surface area contributed by atoms with Crippen molar-refractivity contribution < 1.29 is 18.3 Å². The van der Waals surface area contributed by atoms with Crippen LogP contribution in [0.25, 0.3) is 0 Å². The van der Waals surface area contributed by atoms with Gasteiger partial charge in [0.15, 0.2) is 0 Å². The third-order valence-electron chi connectivity index (χ3n) is 3.14. The Morgan fingerprint density at radius 3 is 2.47 bits per heavy atom. The van der Waals surface area contributed by atoms with Crippen LogP contribution in [0.5, 0.6) is 0 Å². The van der Waals surface area contributed by atoms with Gasteiger partial charge in [-0.25, -0.2) is 13.1 Å². The normalized spacial score (nSPS) is 17.1. The minimum Gasteiger partial charge on any atom is -0.481 e. The molecule has 0 spiro atoms. The van der Waals surface area contributed by atoms with Crippen LogP contribution < -0.4 is 4.72 Å². The summed E-state index contributed by atoms with van der Waals surface area (Å²) in [6.45, 7) is 0. The molecule has 0 saturated heterocycles. The van der Waals surface area contributed by atoms with Gasteiger partial charge >= 0.3 is 5.97 Å². The van der Waals surface area contributed by atoms with E-state index in [9.17, 15) is 13.2 Å². The van der Waals surface area contributed by atoms with Gasteiger partial charge in [0, 0.05) is 6.04 Å². The Balaban J connectivity index is 2.07. The standard InChI is InChI=1S/C13H17NO4S/c15-12(16)8-9-19(17,18)14-13(11-6-7-11)10-4-2-1-3-5-10/h1-5,11,13-14H,6-9H2,(H,15,16). The molecule has 0 amide bonds. The van der Waals surface area contributed by atoms with Gasteiger partial charge in [-0.15, -0.1) is 0 Å². The number of hydrogen-bond donors (Lipinski definition) is 2. The van der Waals surface area contributed by atoms with Crippen molar-refractivity contribution in [2.45, 2.75) is 25.3 Å². The fraction of sp³-hybridized carbons (Fsp3) is 0.462. The highest BCUT2D eigenvalue weighted by molar-refractivity contribution is 7.89. The molecule has 6 heteroatoms. The first-order valence-corrected chi connectivity index (χ1v) is 7.90. The number of nitrogens with one attached hydrogen (secondary N) is 1. The Kier molecular flexibility index (Phi) is 4.21. The molecule has 0 radical (unpaired) electrons. The van der Waals surface area contributed by atoms with Gasteiger partial charge in [0.2, 0.25) is 10.0 Å². The third-order valence-corrected chi connectivity index (χ3v) is 4.50. The van der Waals surface area contributed by atoms with Crippen LogP contribution in [0, 0.1) is 5.92 Å². The van der Waals surface area contributed by atoms with Gasteiger partial charge in [-0.1, -0.05) is 30.3 Å². The topological polar surface area (TPSA) is 83.5 Å². The molecule has 1 fully saturated rings. The molecule has 1 saturated carbocycles. The lowest BCUT2D eigenvalue weighted by molar-refractivity contribution is -0.136. The SMILES string of the molecule is O=C(O)CCS(=O)(=O)NC(c1ccccc1)C1CC1. The van der Waals surface area contributed by atoms with E-state index < -0.39 is 16.0 Å². The molecule has 104 valence electrons. The molecule has 1 aliphatic carbocycles. The minimum atomic E-state index is -3.56. The van der Waals surface area contributed by atoms with E-state index in [1.165, 1.54) is 0 Å². The summed E-state index contributed by atoms with van der Waals surface area (Å²) in [4.78, 5) is 10.5. The molecule has 2 rings (SSSR count). The van der Waals surface area contributed by atoms with E-state index in [0.29, 0.717) is 5.92 Å². The number of aliphatic carboxylic acids is 1. The molecule has 1 atom stereocenters. The zero-order chi connectivity index (χ0) is 13.9. The molecular weight excluding hydrogens is 266 g/mol. The Labute approximate surface area is 112 Å². The summed E-state index contributed by atoms with van der Waals surface area (Å²) < 4.78 is 26.4. The number of carboxylic acid groups (broad SMARTS) is 1. The van der Waals surface area contributed by atoms with Crippen LogP contribution in [-0.2, 0) is 14.8 Å². The second kappa shape index (κ2) is 5.71. The highest BCUT2D eigenvalue weighted by Gasteiger charge is 2.34. The first-order chi connectivity index (χ1) is 8.98. The average Bonchev–Trinajstić information content (AvgIpc) is 3.19. The molecule has 0 bridgehead atoms. The molecule has 2 N–H and O–H groups in total. The van der Waals surface area contributed by atoms with E-state index in [4.69, 9.17) is 5.11 Å². The third kappa shape index (κ3) is 4.33. The van der Waals surface area contributed by atoms with Gasteiger partial charge in [-0.2, -0.15) is 0 Å². The van der Waals surface area contributed by atoms with Crippen molar-refractivity contribution in [1.29, 1.82) is 0 Å². The number of rotatable bonds is 7. The highest BCUT2D eigenvalue weighted by Crippen LogP contribution is 2.41. The van der Waals surface area contributed by atoms with Crippen LogP contribution in [0.15, 0.2) is 30.3 Å². The van der Waals surface area contributed by atoms with Crippen LogP contribution in [0.2, 0.25) is 0 Å². The summed E-state index contributed by atoms with van der Waals surface area (Å²) in [5.74, 6) is -1.16. The van der Waals surface area contributed by atoms with E-state index in [1.807, 2.05) is 30.3 Å². The maximum atomic E-state index is 11.9. The predicted molar refractivity (Wildman–Crippen MR) is 71.1 cm³/mol. The Hall–Kier alpha value is -1.40. The summed E-state index contributed by atoms with van der Waals surface area (Å²) in [6.07, 6.45) is 1.63. The predicted octanol–water partition coefficient (Wildman–Crippen LogP) is 1.53. The fourth-order valence-corrected chi connectivity index (χ4v) is 3.28. The van der Waals surface area contributed by atoms with Crippen molar-refractivity contribution in [2.75, 3.05) is 5.75 Å². The molecule has 1 aromatic carbocycles. The molecule has 1 aromatic rings. The monoisotopic (exact) mass is 283 g/mol. The van der Waals surface area contributed by atoms with E-state index in [0.717, 1.165) is 18.4 Å².